The summed E-state index contributed by atoms with van der Waals surface area (Å²) in [4.78, 5) is 27.9. The summed E-state index contributed by atoms with van der Waals surface area (Å²) in [6.07, 6.45) is 1.52. The van der Waals surface area contributed by atoms with Gasteiger partial charge in [0.1, 0.15) is 4.21 Å². The molecule has 1 aromatic carbocycles. The van der Waals surface area contributed by atoms with Crippen LogP contribution in [-0.4, -0.2) is 59.6 Å². The lowest BCUT2D eigenvalue weighted by atomic mass is 10.1. The number of H-pyrrole nitrogens is 1. The third kappa shape index (κ3) is 3.62. The van der Waals surface area contributed by atoms with Crippen molar-refractivity contribution in [3.05, 3.63) is 56.5 Å². The van der Waals surface area contributed by atoms with Crippen LogP contribution in [0.25, 0.3) is 10.9 Å². The first-order valence-corrected chi connectivity index (χ1v) is 11.2. The number of sulfonamides is 1. The number of nitrogens with one attached hydrogen (secondary N) is 1. The van der Waals surface area contributed by atoms with Crippen LogP contribution in [0.1, 0.15) is 10.4 Å². The van der Waals surface area contributed by atoms with Crippen molar-refractivity contribution in [1.29, 1.82) is 0 Å². The second-order valence-corrected chi connectivity index (χ2v) is 10.3. The molecule has 0 radical (unpaired) electrons. The fourth-order valence-electron chi connectivity index (χ4n) is 3.26. The van der Waals surface area contributed by atoms with Crippen molar-refractivity contribution in [2.24, 2.45) is 0 Å². The number of benzene rings is 1. The summed E-state index contributed by atoms with van der Waals surface area (Å²) >= 11 is 6.84. The topological polar surface area (TPSA) is 117 Å². The van der Waals surface area contributed by atoms with Crippen molar-refractivity contribution in [3.63, 3.8) is 0 Å². The van der Waals surface area contributed by atoms with Crippen LogP contribution in [0.4, 0.5) is 5.69 Å². The maximum Gasteiger partial charge on any atom is 0.270 e. The lowest BCUT2D eigenvalue weighted by Gasteiger charge is -2.33. The van der Waals surface area contributed by atoms with E-state index in [0.717, 1.165) is 11.3 Å². The fraction of sp³-hybridized carbons (Fsp3) is 0.235. The molecule has 152 valence electrons. The Morgan fingerprint density at radius 1 is 1.17 bits per heavy atom. The van der Waals surface area contributed by atoms with E-state index in [1.165, 1.54) is 34.8 Å². The van der Waals surface area contributed by atoms with Crippen molar-refractivity contribution in [3.8, 4) is 0 Å². The number of nitro groups is 1. The molecule has 0 atom stereocenters. The summed E-state index contributed by atoms with van der Waals surface area (Å²) in [5.41, 5.74) is 0.844. The van der Waals surface area contributed by atoms with Gasteiger partial charge in [0.05, 0.1) is 14.8 Å². The number of nitro benzene ring substituents is 1. The molecule has 0 saturated carbocycles. The van der Waals surface area contributed by atoms with Crippen molar-refractivity contribution < 1.29 is 18.1 Å². The van der Waals surface area contributed by atoms with E-state index in [1.54, 1.807) is 11.0 Å². The summed E-state index contributed by atoms with van der Waals surface area (Å²) in [5.74, 6) is -0.298. The molecule has 12 heteroatoms. The van der Waals surface area contributed by atoms with Crippen LogP contribution in [0.2, 0.25) is 4.34 Å². The van der Waals surface area contributed by atoms with Gasteiger partial charge in [0.2, 0.25) is 0 Å². The van der Waals surface area contributed by atoms with Crippen LogP contribution >= 0.6 is 22.9 Å². The molecule has 0 aliphatic carbocycles. The molecule has 1 saturated heterocycles. The van der Waals surface area contributed by atoms with Crippen LogP contribution in [0.5, 0.6) is 0 Å². The van der Waals surface area contributed by atoms with Crippen LogP contribution in [0, 0.1) is 10.1 Å². The summed E-state index contributed by atoms with van der Waals surface area (Å²) < 4.78 is 27.3. The Hall–Kier alpha value is -2.47. The zero-order valence-corrected chi connectivity index (χ0v) is 17.3. The Morgan fingerprint density at radius 2 is 1.90 bits per heavy atom. The molecule has 0 unspecified atom stereocenters. The zero-order valence-electron chi connectivity index (χ0n) is 14.9. The number of fused-ring (bicyclic) bond motifs is 1. The molecule has 1 aliphatic rings. The summed E-state index contributed by atoms with van der Waals surface area (Å²) in [7, 11) is -3.65. The van der Waals surface area contributed by atoms with E-state index in [4.69, 9.17) is 11.6 Å². The van der Waals surface area contributed by atoms with Crippen molar-refractivity contribution in [1.82, 2.24) is 14.2 Å². The zero-order chi connectivity index (χ0) is 20.8. The van der Waals surface area contributed by atoms with Gasteiger partial charge in [-0.15, -0.1) is 11.3 Å². The quantitative estimate of drug-likeness (QED) is 0.480. The monoisotopic (exact) mass is 454 g/mol. The molecule has 3 heterocycles. The van der Waals surface area contributed by atoms with Gasteiger partial charge in [-0.25, -0.2) is 8.42 Å². The number of hydrogen-bond donors (Lipinski definition) is 1. The highest BCUT2D eigenvalue weighted by Crippen LogP contribution is 2.29. The lowest BCUT2D eigenvalue weighted by molar-refractivity contribution is -0.384. The lowest BCUT2D eigenvalue weighted by Crippen LogP contribution is -2.50. The fourth-order valence-corrected chi connectivity index (χ4v) is 6.32. The minimum absolute atomic E-state index is 0.100. The van der Waals surface area contributed by atoms with Crippen LogP contribution in [0.3, 0.4) is 0 Å². The molecular weight excluding hydrogens is 440 g/mol. The van der Waals surface area contributed by atoms with E-state index < -0.39 is 14.9 Å². The SMILES string of the molecule is O=C(c1c[nH]c2ccc([N+](=O)[O-])cc12)N1CCN(S(=O)(=O)c2ccc(Cl)s2)CC1. The molecule has 0 spiro atoms. The number of carbonyl (C=O) groups excluding carboxylic acids is 1. The third-order valence-electron chi connectivity index (χ3n) is 4.78. The maximum atomic E-state index is 12.9. The highest BCUT2D eigenvalue weighted by molar-refractivity contribution is 7.91. The number of aromatic nitrogens is 1. The van der Waals surface area contributed by atoms with Crippen molar-refractivity contribution in [2.75, 3.05) is 26.2 Å². The number of aromatic amines is 1. The third-order valence-corrected chi connectivity index (χ3v) is 8.37. The highest BCUT2D eigenvalue weighted by atomic mass is 35.5. The minimum atomic E-state index is -3.65. The van der Waals surface area contributed by atoms with E-state index in [-0.39, 0.29) is 42.0 Å². The number of carbonyl (C=O) groups is 1. The minimum Gasteiger partial charge on any atom is -0.360 e. The molecule has 1 N–H and O–H groups in total. The summed E-state index contributed by atoms with van der Waals surface area (Å²) in [6.45, 7) is 0.760. The second kappa shape index (κ2) is 7.41. The Bertz CT molecular complexity index is 1210. The standard InChI is InChI=1S/C17H15ClN4O5S2/c18-15-3-4-16(28-15)29(26,27)21-7-5-20(6-8-21)17(23)13-10-19-14-2-1-11(22(24)25)9-12(13)14/h1-4,9-10,19H,5-8H2. The first-order valence-electron chi connectivity index (χ1n) is 8.57. The maximum absolute atomic E-state index is 12.9. The Balaban J connectivity index is 1.52. The van der Waals surface area contributed by atoms with Crippen LogP contribution in [0.15, 0.2) is 40.7 Å². The molecule has 1 aliphatic heterocycles. The predicted molar refractivity (Wildman–Crippen MR) is 109 cm³/mol. The second-order valence-electron chi connectivity index (χ2n) is 6.44. The Kier molecular flexibility index (Phi) is 5.07. The van der Waals surface area contributed by atoms with E-state index in [2.05, 4.69) is 4.98 Å². The predicted octanol–water partition coefficient (Wildman–Crippen LogP) is 2.94. The number of nitrogens with zero attached hydrogens (tertiary/aromatic N) is 3. The number of amides is 1. The summed E-state index contributed by atoms with van der Waals surface area (Å²) in [5, 5.41) is 11.5. The molecule has 0 bridgehead atoms. The number of non-ortho nitro benzene ring substituents is 1. The van der Waals surface area contributed by atoms with Crippen LogP contribution in [-0.2, 0) is 10.0 Å². The van der Waals surface area contributed by atoms with E-state index in [1.807, 2.05) is 0 Å². The first kappa shape index (κ1) is 19.8. The molecule has 2 aromatic heterocycles. The Labute approximate surface area is 174 Å². The van der Waals surface area contributed by atoms with Gasteiger partial charge < -0.3 is 9.88 Å². The molecular formula is C17H15ClN4O5S2. The average Bonchev–Trinajstić information content (AvgIpc) is 3.33. The normalized spacial score (nSPS) is 15.7. The molecule has 9 nitrogen and oxygen atoms in total. The van der Waals surface area contributed by atoms with Gasteiger partial charge in [0.15, 0.2) is 0 Å². The van der Waals surface area contributed by atoms with E-state index in [0.29, 0.717) is 20.8 Å². The first-order chi connectivity index (χ1) is 13.8. The van der Waals surface area contributed by atoms with Gasteiger partial charge in [-0.3, -0.25) is 14.9 Å². The van der Waals surface area contributed by atoms with Gasteiger partial charge in [-0.05, 0) is 18.2 Å². The van der Waals surface area contributed by atoms with Gasteiger partial charge in [-0.2, -0.15) is 4.31 Å². The summed E-state index contributed by atoms with van der Waals surface area (Å²) in [6, 6.07) is 7.29. The van der Waals surface area contributed by atoms with E-state index >= 15 is 0 Å². The van der Waals surface area contributed by atoms with Crippen LogP contribution < -0.4 is 0 Å². The average molecular weight is 455 g/mol. The van der Waals surface area contributed by atoms with Crippen molar-refractivity contribution in [2.45, 2.75) is 4.21 Å². The van der Waals surface area contributed by atoms with Crippen molar-refractivity contribution >= 4 is 55.5 Å². The largest absolute Gasteiger partial charge is 0.360 e. The van der Waals surface area contributed by atoms with E-state index in [9.17, 15) is 23.3 Å². The number of halogens is 1. The molecule has 3 aromatic rings. The Morgan fingerprint density at radius 3 is 2.52 bits per heavy atom. The van der Waals surface area contributed by atoms with Gasteiger partial charge in [-0.1, -0.05) is 11.6 Å². The molecule has 1 amide bonds. The number of hydrogen-bond acceptors (Lipinski definition) is 6. The smallest absolute Gasteiger partial charge is 0.270 e. The molecule has 29 heavy (non-hydrogen) atoms. The van der Waals surface area contributed by atoms with Gasteiger partial charge in [0, 0.05) is 55.4 Å². The van der Waals surface area contributed by atoms with Gasteiger partial charge >= 0.3 is 0 Å². The number of rotatable bonds is 4. The highest BCUT2D eigenvalue weighted by Gasteiger charge is 2.32. The molecule has 1 fully saturated rings. The molecule has 4 rings (SSSR count). The van der Waals surface area contributed by atoms with Gasteiger partial charge in [0.25, 0.3) is 21.6 Å². The number of thiophene rings is 1. The number of piperazine rings is 1.